The van der Waals surface area contributed by atoms with Crippen LogP contribution in [-0.4, -0.2) is 25.7 Å². The van der Waals surface area contributed by atoms with Crippen LogP contribution in [0, 0.1) is 13.8 Å². The summed E-state index contributed by atoms with van der Waals surface area (Å²) in [6.07, 6.45) is 0. The Labute approximate surface area is 135 Å². The van der Waals surface area contributed by atoms with Crippen LogP contribution >= 0.6 is 0 Å². The second-order valence-corrected chi connectivity index (χ2v) is 6.71. The Kier molecular flexibility index (Phi) is 4.68. The van der Waals surface area contributed by atoms with E-state index < -0.39 is 5.69 Å². The summed E-state index contributed by atoms with van der Waals surface area (Å²) in [6.45, 7) is 10.1. The summed E-state index contributed by atoms with van der Waals surface area (Å²) >= 11 is 0. The zero-order chi connectivity index (χ0) is 17.2. The highest BCUT2D eigenvalue weighted by molar-refractivity contribution is 5.75. The van der Waals surface area contributed by atoms with E-state index in [0.29, 0.717) is 17.9 Å². The Bertz CT molecular complexity index is 768. The van der Waals surface area contributed by atoms with Gasteiger partial charge in [-0.1, -0.05) is 20.8 Å². The number of H-pyrrole nitrogens is 1. The van der Waals surface area contributed by atoms with Gasteiger partial charge in [-0.25, -0.2) is 4.79 Å². The fraction of sp³-hybridized carbons (Fsp3) is 0.500. The van der Waals surface area contributed by atoms with Crippen LogP contribution in [0.4, 0.5) is 0 Å². The third-order valence-corrected chi connectivity index (χ3v) is 3.52. The van der Waals surface area contributed by atoms with Gasteiger partial charge in [-0.15, -0.1) is 0 Å². The van der Waals surface area contributed by atoms with E-state index >= 15 is 0 Å². The van der Waals surface area contributed by atoms with Gasteiger partial charge in [0, 0.05) is 16.8 Å². The van der Waals surface area contributed by atoms with E-state index in [1.807, 2.05) is 6.07 Å². The molecule has 0 bridgehead atoms. The summed E-state index contributed by atoms with van der Waals surface area (Å²) in [5.74, 6) is -0.243. The number of nitrogens with one attached hydrogen (secondary N) is 2. The third-order valence-electron chi connectivity index (χ3n) is 3.52. The number of carbonyl (C=O) groups excluding carboxylic acids is 1. The molecule has 2 aromatic heterocycles. The molecule has 0 unspecified atom stereocenters. The van der Waals surface area contributed by atoms with Crippen LogP contribution in [0.1, 0.15) is 43.5 Å². The molecule has 2 heterocycles. The standard InChI is InChI=1S/C16H23N5O2/c1-10-6-11(2)21(15(23)18-10)9-14(22)17-8-12-7-13(20-19-12)16(3,4)5/h6-7H,8-9H2,1-5H3,(H,17,22)(H,19,20). The second-order valence-electron chi connectivity index (χ2n) is 6.71. The van der Waals surface area contributed by atoms with Crippen molar-refractivity contribution in [2.24, 2.45) is 0 Å². The largest absolute Gasteiger partial charge is 0.349 e. The van der Waals surface area contributed by atoms with Gasteiger partial charge in [-0.05, 0) is 26.0 Å². The molecule has 0 aliphatic rings. The van der Waals surface area contributed by atoms with Crippen molar-refractivity contribution in [3.63, 3.8) is 0 Å². The van der Waals surface area contributed by atoms with Gasteiger partial charge in [0.1, 0.15) is 6.54 Å². The van der Waals surface area contributed by atoms with E-state index in [-0.39, 0.29) is 17.9 Å². The minimum absolute atomic E-state index is 0.0434. The van der Waals surface area contributed by atoms with E-state index in [2.05, 4.69) is 41.3 Å². The number of hydrogen-bond donors (Lipinski definition) is 2. The van der Waals surface area contributed by atoms with Gasteiger partial charge in [0.15, 0.2) is 0 Å². The Morgan fingerprint density at radius 1 is 1.30 bits per heavy atom. The highest BCUT2D eigenvalue weighted by atomic mass is 16.2. The lowest BCUT2D eigenvalue weighted by atomic mass is 9.92. The number of rotatable bonds is 4. The molecule has 124 valence electrons. The molecule has 23 heavy (non-hydrogen) atoms. The number of amides is 1. The molecule has 0 saturated heterocycles. The molecular weight excluding hydrogens is 294 g/mol. The highest BCUT2D eigenvalue weighted by Gasteiger charge is 2.17. The molecule has 2 N–H and O–H groups in total. The quantitative estimate of drug-likeness (QED) is 0.886. The van der Waals surface area contributed by atoms with E-state index in [1.54, 1.807) is 19.9 Å². The molecule has 0 aliphatic heterocycles. The number of aromatic nitrogens is 4. The maximum absolute atomic E-state index is 12.0. The van der Waals surface area contributed by atoms with Crippen LogP contribution < -0.4 is 11.0 Å². The van der Waals surface area contributed by atoms with Gasteiger partial charge in [-0.2, -0.15) is 10.1 Å². The van der Waals surface area contributed by atoms with Gasteiger partial charge in [0.05, 0.1) is 17.9 Å². The molecule has 0 aliphatic carbocycles. The molecule has 0 aromatic carbocycles. The number of nitrogens with zero attached hydrogens (tertiary/aromatic N) is 3. The molecule has 7 nitrogen and oxygen atoms in total. The Hall–Kier alpha value is -2.44. The number of carbonyl (C=O) groups is 1. The number of aryl methyl sites for hydroxylation is 2. The van der Waals surface area contributed by atoms with Crippen molar-refractivity contribution in [2.45, 2.75) is 53.1 Å². The summed E-state index contributed by atoms with van der Waals surface area (Å²) < 4.78 is 1.36. The molecule has 2 rings (SSSR count). The molecule has 7 heteroatoms. The average Bonchev–Trinajstić information content (AvgIpc) is 2.89. The highest BCUT2D eigenvalue weighted by Crippen LogP contribution is 2.20. The van der Waals surface area contributed by atoms with Crippen LogP contribution in [0.3, 0.4) is 0 Å². The predicted molar refractivity (Wildman–Crippen MR) is 87.1 cm³/mol. The van der Waals surface area contributed by atoms with Crippen molar-refractivity contribution in [1.29, 1.82) is 0 Å². The summed E-state index contributed by atoms with van der Waals surface area (Å²) in [5, 5.41) is 9.95. The summed E-state index contributed by atoms with van der Waals surface area (Å²) in [7, 11) is 0. The van der Waals surface area contributed by atoms with Crippen LogP contribution in [0.25, 0.3) is 0 Å². The topological polar surface area (TPSA) is 92.7 Å². The fourth-order valence-corrected chi connectivity index (χ4v) is 2.20. The number of aromatic amines is 1. The van der Waals surface area contributed by atoms with Crippen molar-refractivity contribution in [1.82, 2.24) is 25.1 Å². The van der Waals surface area contributed by atoms with Crippen molar-refractivity contribution in [3.8, 4) is 0 Å². The third kappa shape index (κ3) is 4.28. The molecule has 0 saturated carbocycles. The first kappa shape index (κ1) is 16.9. The van der Waals surface area contributed by atoms with Gasteiger partial charge in [-0.3, -0.25) is 14.5 Å². The molecule has 0 spiro atoms. The first-order chi connectivity index (χ1) is 10.7. The zero-order valence-corrected chi connectivity index (χ0v) is 14.2. The van der Waals surface area contributed by atoms with E-state index in [0.717, 1.165) is 11.4 Å². The predicted octanol–water partition coefficient (Wildman–Crippen LogP) is 1.20. The minimum Gasteiger partial charge on any atom is -0.349 e. The molecule has 0 atom stereocenters. The van der Waals surface area contributed by atoms with Gasteiger partial charge >= 0.3 is 5.69 Å². The van der Waals surface area contributed by atoms with Crippen LogP contribution in [0.5, 0.6) is 0 Å². The van der Waals surface area contributed by atoms with Crippen LogP contribution in [0.2, 0.25) is 0 Å². The maximum Gasteiger partial charge on any atom is 0.348 e. The smallest absolute Gasteiger partial charge is 0.348 e. The van der Waals surface area contributed by atoms with Crippen LogP contribution in [0.15, 0.2) is 16.9 Å². The Morgan fingerprint density at radius 3 is 2.57 bits per heavy atom. The molecule has 1 amide bonds. The average molecular weight is 317 g/mol. The van der Waals surface area contributed by atoms with Crippen molar-refractivity contribution >= 4 is 5.91 Å². The zero-order valence-electron chi connectivity index (χ0n) is 14.2. The molecular formula is C16H23N5O2. The van der Waals surface area contributed by atoms with Gasteiger partial charge in [0.2, 0.25) is 5.91 Å². The van der Waals surface area contributed by atoms with Gasteiger partial charge in [0.25, 0.3) is 0 Å². The lowest BCUT2D eigenvalue weighted by Gasteiger charge is -2.13. The Morgan fingerprint density at radius 2 is 2.00 bits per heavy atom. The normalized spacial score (nSPS) is 11.5. The van der Waals surface area contributed by atoms with Crippen LogP contribution in [-0.2, 0) is 23.3 Å². The van der Waals surface area contributed by atoms with E-state index in [9.17, 15) is 9.59 Å². The van der Waals surface area contributed by atoms with Crippen molar-refractivity contribution in [3.05, 3.63) is 45.4 Å². The SMILES string of the molecule is Cc1cc(C)n(CC(=O)NCc2cc(C(C)(C)C)n[nH]2)c(=O)n1. The summed E-state index contributed by atoms with van der Waals surface area (Å²) in [6, 6.07) is 3.71. The summed E-state index contributed by atoms with van der Waals surface area (Å²) in [5.41, 5.74) is 2.68. The Balaban J connectivity index is 1.99. The molecule has 2 aromatic rings. The first-order valence-corrected chi connectivity index (χ1v) is 7.53. The van der Waals surface area contributed by atoms with Gasteiger partial charge < -0.3 is 5.32 Å². The van der Waals surface area contributed by atoms with Crippen molar-refractivity contribution in [2.75, 3.05) is 0 Å². The molecule has 0 radical (unpaired) electrons. The molecule has 0 fully saturated rings. The monoisotopic (exact) mass is 317 g/mol. The van der Waals surface area contributed by atoms with E-state index in [4.69, 9.17) is 0 Å². The lowest BCUT2D eigenvalue weighted by molar-refractivity contribution is -0.121. The van der Waals surface area contributed by atoms with Crippen molar-refractivity contribution < 1.29 is 4.79 Å². The lowest BCUT2D eigenvalue weighted by Crippen LogP contribution is -2.34. The second kappa shape index (κ2) is 6.36. The maximum atomic E-state index is 12.0. The minimum atomic E-state index is -0.408. The summed E-state index contributed by atoms with van der Waals surface area (Å²) in [4.78, 5) is 27.7. The van der Waals surface area contributed by atoms with E-state index in [1.165, 1.54) is 4.57 Å². The first-order valence-electron chi connectivity index (χ1n) is 7.53. The number of hydrogen-bond acceptors (Lipinski definition) is 4. The fourth-order valence-electron chi connectivity index (χ4n) is 2.20.